The van der Waals surface area contributed by atoms with E-state index in [-0.39, 0.29) is 0 Å². The lowest BCUT2D eigenvalue weighted by Gasteiger charge is -2.30. The summed E-state index contributed by atoms with van der Waals surface area (Å²) in [6.07, 6.45) is 6.48. The van der Waals surface area contributed by atoms with Crippen LogP contribution in [0.5, 0.6) is 0 Å². The Morgan fingerprint density at radius 2 is 2.11 bits per heavy atom. The molecule has 2 atom stereocenters. The number of hydrogen-bond acceptors (Lipinski definition) is 2. The molecule has 104 valence electrons. The van der Waals surface area contributed by atoms with Gasteiger partial charge in [-0.15, -0.1) is 11.8 Å². The van der Waals surface area contributed by atoms with Crippen LogP contribution in [0.25, 0.3) is 0 Å². The first kappa shape index (κ1) is 14.4. The van der Waals surface area contributed by atoms with E-state index in [9.17, 15) is 9.90 Å². The molecule has 0 bridgehead atoms. The van der Waals surface area contributed by atoms with Crippen LogP contribution in [-0.2, 0) is 0 Å². The number of thioether (sulfide) groups is 1. The molecule has 1 aliphatic carbocycles. The van der Waals surface area contributed by atoms with E-state index in [1.54, 1.807) is 0 Å². The van der Waals surface area contributed by atoms with Crippen LogP contribution in [0.2, 0.25) is 0 Å². The Morgan fingerprint density at radius 3 is 2.79 bits per heavy atom. The van der Waals surface area contributed by atoms with Crippen LogP contribution in [0.3, 0.4) is 0 Å². The predicted octanol–water partition coefficient (Wildman–Crippen LogP) is 4.75. The maximum Gasteiger partial charge on any atom is 0.335 e. The van der Waals surface area contributed by atoms with Crippen molar-refractivity contribution in [1.29, 1.82) is 0 Å². The monoisotopic (exact) mass is 278 g/mol. The van der Waals surface area contributed by atoms with Crippen LogP contribution < -0.4 is 0 Å². The van der Waals surface area contributed by atoms with Gasteiger partial charge in [0.1, 0.15) is 0 Å². The summed E-state index contributed by atoms with van der Waals surface area (Å²) in [5.74, 6) is -0.0380. The minimum Gasteiger partial charge on any atom is -0.478 e. The molecule has 1 N–H and O–H groups in total. The first-order valence-corrected chi connectivity index (χ1v) is 8.00. The van der Waals surface area contributed by atoms with E-state index in [1.165, 1.54) is 32.1 Å². The highest BCUT2D eigenvalue weighted by atomic mass is 32.2. The van der Waals surface area contributed by atoms with Gasteiger partial charge in [0.25, 0.3) is 0 Å². The van der Waals surface area contributed by atoms with Crippen LogP contribution in [0.15, 0.2) is 23.1 Å². The Balaban J connectivity index is 2.14. The second kappa shape index (κ2) is 6.47. The summed E-state index contributed by atoms with van der Waals surface area (Å²) in [5.41, 5.74) is 1.28. The van der Waals surface area contributed by atoms with Crippen molar-refractivity contribution in [3.05, 3.63) is 29.3 Å². The average molecular weight is 278 g/mol. The largest absolute Gasteiger partial charge is 0.478 e. The Kier molecular flexibility index (Phi) is 4.92. The quantitative estimate of drug-likeness (QED) is 0.863. The van der Waals surface area contributed by atoms with Crippen molar-refractivity contribution in [1.82, 2.24) is 0 Å². The van der Waals surface area contributed by atoms with Gasteiger partial charge < -0.3 is 5.11 Å². The van der Waals surface area contributed by atoms with Gasteiger partial charge in [0.05, 0.1) is 5.56 Å². The Hall–Kier alpha value is -0.960. The smallest absolute Gasteiger partial charge is 0.335 e. The molecule has 0 radical (unpaired) electrons. The number of benzene rings is 1. The lowest BCUT2D eigenvalue weighted by Crippen LogP contribution is -2.21. The SMILES string of the molecule is CCC1CCCCC1Sc1ccc(C)c(C(=O)O)c1. The van der Waals surface area contributed by atoms with Crippen LogP contribution in [0.1, 0.15) is 54.9 Å². The molecule has 0 saturated heterocycles. The van der Waals surface area contributed by atoms with Crippen molar-refractivity contribution < 1.29 is 9.90 Å². The summed E-state index contributed by atoms with van der Waals surface area (Å²) in [5, 5.41) is 9.84. The lowest BCUT2D eigenvalue weighted by atomic mass is 9.87. The number of carboxylic acids is 1. The van der Waals surface area contributed by atoms with E-state index in [1.807, 2.05) is 30.8 Å². The third kappa shape index (κ3) is 3.53. The summed E-state index contributed by atoms with van der Waals surface area (Å²) >= 11 is 1.87. The molecule has 3 heteroatoms. The lowest BCUT2D eigenvalue weighted by molar-refractivity contribution is 0.0696. The number of carboxylic acid groups (broad SMARTS) is 1. The van der Waals surface area contributed by atoms with Crippen molar-refractivity contribution in [3.8, 4) is 0 Å². The van der Waals surface area contributed by atoms with Gasteiger partial charge >= 0.3 is 5.97 Å². The highest BCUT2D eigenvalue weighted by molar-refractivity contribution is 8.00. The predicted molar refractivity (Wildman–Crippen MR) is 80.0 cm³/mol. The van der Waals surface area contributed by atoms with Gasteiger partial charge in [-0.25, -0.2) is 4.79 Å². The zero-order valence-electron chi connectivity index (χ0n) is 11.7. The average Bonchev–Trinajstić information content (AvgIpc) is 2.41. The molecule has 1 aromatic rings. The van der Waals surface area contributed by atoms with Crippen molar-refractivity contribution >= 4 is 17.7 Å². The molecule has 2 unspecified atom stereocenters. The fourth-order valence-corrected chi connectivity index (χ4v) is 4.36. The number of hydrogen-bond donors (Lipinski definition) is 1. The third-order valence-electron chi connectivity index (χ3n) is 4.09. The highest BCUT2D eigenvalue weighted by Gasteiger charge is 2.24. The molecule has 2 nitrogen and oxygen atoms in total. The summed E-state index contributed by atoms with van der Waals surface area (Å²) < 4.78 is 0. The minimum absolute atomic E-state index is 0.439. The second-order valence-corrected chi connectivity index (χ2v) is 6.70. The van der Waals surface area contributed by atoms with Gasteiger partial charge in [-0.2, -0.15) is 0 Å². The van der Waals surface area contributed by atoms with E-state index >= 15 is 0 Å². The van der Waals surface area contributed by atoms with Gasteiger partial charge in [0, 0.05) is 10.1 Å². The van der Waals surface area contributed by atoms with E-state index in [0.29, 0.717) is 10.8 Å². The van der Waals surface area contributed by atoms with Gasteiger partial charge in [0.2, 0.25) is 0 Å². The minimum atomic E-state index is -0.823. The van der Waals surface area contributed by atoms with E-state index in [2.05, 4.69) is 13.0 Å². The molecule has 1 aromatic carbocycles. The van der Waals surface area contributed by atoms with Crippen LogP contribution in [0.4, 0.5) is 0 Å². The van der Waals surface area contributed by atoms with Gasteiger partial charge in [-0.05, 0) is 43.4 Å². The molecule has 1 aliphatic rings. The maximum absolute atomic E-state index is 11.2. The molecule has 0 aromatic heterocycles. The molecular weight excluding hydrogens is 256 g/mol. The fraction of sp³-hybridized carbons (Fsp3) is 0.562. The first-order chi connectivity index (χ1) is 9.11. The molecule has 2 rings (SSSR count). The third-order valence-corrected chi connectivity index (χ3v) is 5.54. The van der Waals surface area contributed by atoms with E-state index in [0.717, 1.165) is 16.4 Å². The van der Waals surface area contributed by atoms with Crippen molar-refractivity contribution in [3.63, 3.8) is 0 Å². The van der Waals surface area contributed by atoms with Gasteiger partial charge in [-0.3, -0.25) is 0 Å². The Bertz CT molecular complexity index is 456. The van der Waals surface area contributed by atoms with Crippen molar-refractivity contribution in [2.75, 3.05) is 0 Å². The standard InChI is InChI=1S/C16H22O2S/c1-3-12-6-4-5-7-15(12)19-13-9-8-11(2)14(10-13)16(17)18/h8-10,12,15H,3-7H2,1-2H3,(H,17,18). The normalized spacial score (nSPS) is 23.3. The summed E-state index contributed by atoms with van der Waals surface area (Å²) in [6, 6.07) is 5.83. The van der Waals surface area contributed by atoms with E-state index in [4.69, 9.17) is 0 Å². The van der Waals surface area contributed by atoms with E-state index < -0.39 is 5.97 Å². The molecule has 1 fully saturated rings. The molecule has 0 spiro atoms. The highest BCUT2D eigenvalue weighted by Crippen LogP contribution is 2.39. The Morgan fingerprint density at radius 1 is 1.37 bits per heavy atom. The van der Waals surface area contributed by atoms with Crippen molar-refractivity contribution in [2.45, 2.75) is 56.1 Å². The topological polar surface area (TPSA) is 37.3 Å². The van der Waals surface area contributed by atoms with Crippen LogP contribution in [0, 0.1) is 12.8 Å². The Labute approximate surface area is 119 Å². The molecule has 0 aliphatic heterocycles. The summed E-state index contributed by atoms with van der Waals surface area (Å²) in [4.78, 5) is 12.3. The van der Waals surface area contributed by atoms with Crippen LogP contribution in [-0.4, -0.2) is 16.3 Å². The molecular formula is C16H22O2S. The molecule has 0 amide bonds. The maximum atomic E-state index is 11.2. The number of rotatable bonds is 4. The number of carbonyl (C=O) groups is 1. The zero-order chi connectivity index (χ0) is 13.8. The fourth-order valence-electron chi connectivity index (χ4n) is 2.88. The number of aromatic carboxylic acids is 1. The van der Waals surface area contributed by atoms with Crippen molar-refractivity contribution in [2.24, 2.45) is 5.92 Å². The first-order valence-electron chi connectivity index (χ1n) is 7.12. The second-order valence-electron chi connectivity index (χ2n) is 5.39. The molecule has 19 heavy (non-hydrogen) atoms. The molecule has 0 heterocycles. The summed E-state index contributed by atoms with van der Waals surface area (Å²) in [6.45, 7) is 4.12. The van der Waals surface area contributed by atoms with Gasteiger partial charge in [0.15, 0.2) is 0 Å². The number of aryl methyl sites for hydroxylation is 1. The summed E-state index contributed by atoms with van der Waals surface area (Å²) in [7, 11) is 0. The van der Waals surface area contributed by atoms with Gasteiger partial charge in [-0.1, -0.05) is 32.3 Å². The zero-order valence-corrected chi connectivity index (χ0v) is 12.5. The molecule has 1 saturated carbocycles. The van der Waals surface area contributed by atoms with Crippen LogP contribution >= 0.6 is 11.8 Å².